The Hall–Kier alpha value is -2.54. The number of anilines is 2. The highest BCUT2D eigenvalue weighted by molar-refractivity contribution is 6.32. The van der Waals surface area contributed by atoms with Crippen LogP contribution in [0.2, 0.25) is 5.02 Å². The van der Waals surface area contributed by atoms with Crippen molar-refractivity contribution in [3.05, 3.63) is 35.1 Å². The van der Waals surface area contributed by atoms with E-state index in [1.165, 1.54) is 26.6 Å². The van der Waals surface area contributed by atoms with E-state index in [0.29, 0.717) is 33.7 Å². The van der Waals surface area contributed by atoms with E-state index < -0.39 is 0 Å². The zero-order valence-electron chi connectivity index (χ0n) is 16.1. The van der Waals surface area contributed by atoms with E-state index in [0.717, 1.165) is 25.9 Å². The van der Waals surface area contributed by atoms with Crippen molar-refractivity contribution in [1.29, 1.82) is 0 Å². The number of benzene rings is 1. The van der Waals surface area contributed by atoms with Crippen LogP contribution in [0.15, 0.2) is 24.5 Å². The molecule has 1 aromatic carbocycles. The first-order valence-corrected chi connectivity index (χ1v) is 9.21. The Labute approximate surface area is 164 Å². The quantitative estimate of drug-likeness (QED) is 0.694. The summed E-state index contributed by atoms with van der Waals surface area (Å²) in [6.45, 7) is 5.97. The third-order valence-corrected chi connectivity index (χ3v) is 4.19. The van der Waals surface area contributed by atoms with Crippen LogP contribution < -0.4 is 19.7 Å². The van der Waals surface area contributed by atoms with Gasteiger partial charge in [-0.05, 0) is 12.8 Å². The summed E-state index contributed by atoms with van der Waals surface area (Å²) in [5.41, 5.74) is 0.800. The molecule has 1 amide bonds. The van der Waals surface area contributed by atoms with Crippen molar-refractivity contribution in [3.8, 4) is 11.5 Å². The third-order valence-electron chi connectivity index (χ3n) is 3.89. The SMILES string of the molecule is CCCN(CCC)c1ncc(C(=O)Nc2cc(OC)c(Cl)cc2OC)cn1. The lowest BCUT2D eigenvalue weighted by Gasteiger charge is -2.21. The molecule has 0 aliphatic rings. The predicted octanol–water partition coefficient (Wildman–Crippen LogP) is 4.03. The lowest BCUT2D eigenvalue weighted by atomic mass is 10.2. The van der Waals surface area contributed by atoms with E-state index in [4.69, 9.17) is 21.1 Å². The fourth-order valence-corrected chi connectivity index (χ4v) is 2.84. The molecule has 8 heteroatoms. The number of rotatable bonds is 9. The molecule has 0 saturated carbocycles. The van der Waals surface area contributed by atoms with E-state index >= 15 is 0 Å². The average molecular weight is 393 g/mol. The fraction of sp³-hybridized carbons (Fsp3) is 0.421. The summed E-state index contributed by atoms with van der Waals surface area (Å²) in [5.74, 6) is 1.15. The van der Waals surface area contributed by atoms with Crippen molar-refractivity contribution in [2.45, 2.75) is 26.7 Å². The molecule has 1 N–H and O–H groups in total. The fourth-order valence-electron chi connectivity index (χ4n) is 2.61. The molecule has 0 aliphatic heterocycles. The number of nitrogens with one attached hydrogen (secondary N) is 1. The second kappa shape index (κ2) is 9.97. The predicted molar refractivity (Wildman–Crippen MR) is 107 cm³/mol. The highest BCUT2D eigenvalue weighted by Gasteiger charge is 2.15. The number of amides is 1. The third kappa shape index (κ3) is 5.23. The van der Waals surface area contributed by atoms with Crippen molar-refractivity contribution < 1.29 is 14.3 Å². The van der Waals surface area contributed by atoms with Gasteiger partial charge in [-0.25, -0.2) is 9.97 Å². The van der Waals surface area contributed by atoms with Crippen LogP contribution in [-0.2, 0) is 0 Å². The summed E-state index contributed by atoms with van der Waals surface area (Å²) in [7, 11) is 3.01. The molecule has 0 bridgehead atoms. The Morgan fingerprint density at radius 3 is 2.19 bits per heavy atom. The second-order valence-corrected chi connectivity index (χ2v) is 6.31. The lowest BCUT2D eigenvalue weighted by molar-refractivity contribution is 0.102. The zero-order valence-corrected chi connectivity index (χ0v) is 16.8. The van der Waals surface area contributed by atoms with Gasteiger partial charge >= 0.3 is 0 Å². The highest BCUT2D eigenvalue weighted by atomic mass is 35.5. The Morgan fingerprint density at radius 2 is 1.67 bits per heavy atom. The second-order valence-electron chi connectivity index (χ2n) is 5.90. The average Bonchev–Trinajstić information content (AvgIpc) is 2.68. The summed E-state index contributed by atoms with van der Waals surface area (Å²) in [6, 6.07) is 3.20. The highest BCUT2D eigenvalue weighted by Crippen LogP contribution is 2.36. The van der Waals surface area contributed by atoms with E-state index in [1.54, 1.807) is 12.1 Å². The smallest absolute Gasteiger partial charge is 0.258 e. The van der Waals surface area contributed by atoms with E-state index in [1.807, 2.05) is 0 Å². The molecular formula is C19H25ClN4O3. The maximum Gasteiger partial charge on any atom is 0.258 e. The molecule has 0 fully saturated rings. The number of halogens is 1. The summed E-state index contributed by atoms with van der Waals surface area (Å²) in [4.78, 5) is 23.4. The molecule has 0 aliphatic carbocycles. The first-order chi connectivity index (χ1) is 13.0. The van der Waals surface area contributed by atoms with Crippen molar-refractivity contribution >= 4 is 29.1 Å². The molecular weight excluding hydrogens is 368 g/mol. The molecule has 0 unspecified atom stereocenters. The van der Waals surface area contributed by atoms with Gasteiger partial charge in [-0.15, -0.1) is 0 Å². The number of carbonyl (C=O) groups excluding carboxylic acids is 1. The Morgan fingerprint density at radius 1 is 1.07 bits per heavy atom. The van der Waals surface area contributed by atoms with Gasteiger partial charge in [0.2, 0.25) is 5.95 Å². The van der Waals surface area contributed by atoms with Crippen LogP contribution in [0.25, 0.3) is 0 Å². The van der Waals surface area contributed by atoms with Crippen LogP contribution in [0.5, 0.6) is 11.5 Å². The van der Waals surface area contributed by atoms with Crippen LogP contribution in [0.3, 0.4) is 0 Å². The standard InChI is InChI=1S/C19H25ClN4O3/c1-5-7-24(8-6-2)19-21-11-13(12-22-19)18(25)23-15-10-16(26-3)14(20)9-17(15)27-4/h9-12H,5-8H2,1-4H3,(H,23,25). The molecule has 1 aromatic heterocycles. The van der Waals surface area contributed by atoms with Crippen molar-refractivity contribution in [2.75, 3.05) is 37.5 Å². The summed E-state index contributed by atoms with van der Waals surface area (Å²) >= 11 is 6.09. The Balaban J connectivity index is 2.19. The number of aromatic nitrogens is 2. The van der Waals surface area contributed by atoms with Crippen molar-refractivity contribution in [2.24, 2.45) is 0 Å². The number of hydrogen-bond acceptors (Lipinski definition) is 6. The van der Waals surface area contributed by atoms with Gasteiger partial charge in [-0.3, -0.25) is 4.79 Å². The van der Waals surface area contributed by atoms with Gasteiger partial charge in [-0.2, -0.15) is 0 Å². The first kappa shape index (κ1) is 20.8. The van der Waals surface area contributed by atoms with Gasteiger partial charge in [0.15, 0.2) is 0 Å². The summed E-state index contributed by atoms with van der Waals surface area (Å²) in [6.07, 6.45) is 5.05. The monoisotopic (exact) mass is 392 g/mol. The molecule has 0 saturated heterocycles. The topological polar surface area (TPSA) is 76.6 Å². The first-order valence-electron chi connectivity index (χ1n) is 8.83. The van der Waals surface area contributed by atoms with Crippen LogP contribution >= 0.6 is 11.6 Å². The summed E-state index contributed by atoms with van der Waals surface area (Å²) in [5, 5.41) is 3.18. The van der Waals surface area contributed by atoms with Crippen molar-refractivity contribution in [1.82, 2.24) is 9.97 Å². The van der Waals surface area contributed by atoms with E-state index in [-0.39, 0.29) is 5.91 Å². The lowest BCUT2D eigenvalue weighted by Crippen LogP contribution is -2.27. The van der Waals surface area contributed by atoms with Crippen LogP contribution in [0.1, 0.15) is 37.0 Å². The number of carbonyl (C=O) groups is 1. The normalized spacial score (nSPS) is 10.4. The van der Waals surface area contributed by atoms with Crippen LogP contribution in [0.4, 0.5) is 11.6 Å². The van der Waals surface area contributed by atoms with E-state index in [2.05, 4.69) is 34.0 Å². The Bertz CT molecular complexity index is 762. The molecule has 1 heterocycles. The number of methoxy groups -OCH3 is 2. The Kier molecular flexibility index (Phi) is 7.67. The molecule has 7 nitrogen and oxygen atoms in total. The van der Waals surface area contributed by atoms with Gasteiger partial charge in [0.05, 0.1) is 30.5 Å². The van der Waals surface area contributed by atoms with Gasteiger partial charge in [0.25, 0.3) is 5.91 Å². The minimum absolute atomic E-state index is 0.346. The van der Waals surface area contributed by atoms with E-state index in [9.17, 15) is 4.79 Å². The van der Waals surface area contributed by atoms with Gasteiger partial charge in [0.1, 0.15) is 11.5 Å². The van der Waals surface area contributed by atoms with Gasteiger partial charge < -0.3 is 19.7 Å². The van der Waals surface area contributed by atoms with Gasteiger partial charge in [-0.1, -0.05) is 25.4 Å². The minimum atomic E-state index is -0.346. The van der Waals surface area contributed by atoms with Crippen LogP contribution in [0, 0.1) is 0 Å². The van der Waals surface area contributed by atoms with Gasteiger partial charge in [0, 0.05) is 37.6 Å². The maximum atomic E-state index is 12.6. The van der Waals surface area contributed by atoms with Crippen molar-refractivity contribution in [3.63, 3.8) is 0 Å². The summed E-state index contributed by atoms with van der Waals surface area (Å²) < 4.78 is 10.5. The molecule has 0 atom stereocenters. The number of hydrogen-bond donors (Lipinski definition) is 1. The minimum Gasteiger partial charge on any atom is -0.495 e. The molecule has 0 spiro atoms. The molecule has 2 rings (SSSR count). The number of ether oxygens (including phenoxy) is 2. The van der Waals surface area contributed by atoms with Crippen LogP contribution in [-0.4, -0.2) is 43.2 Å². The zero-order chi connectivity index (χ0) is 19.8. The molecule has 2 aromatic rings. The molecule has 0 radical (unpaired) electrons. The molecule has 146 valence electrons. The maximum absolute atomic E-state index is 12.6. The molecule has 27 heavy (non-hydrogen) atoms. The largest absolute Gasteiger partial charge is 0.495 e. The number of nitrogens with zero attached hydrogens (tertiary/aromatic N) is 3.